The molecule has 0 bridgehead atoms. The molecular weight excluding hydrogens is 182 g/mol. The quantitative estimate of drug-likeness (QED) is 0.741. The minimum atomic E-state index is 0. The van der Waals surface area contributed by atoms with Gasteiger partial charge in [0.15, 0.2) is 0 Å². The molecule has 13 heavy (non-hydrogen) atoms. The Kier molecular flexibility index (Phi) is 4.54. The van der Waals surface area contributed by atoms with E-state index >= 15 is 0 Å². The van der Waals surface area contributed by atoms with Crippen LogP contribution in [-0.4, -0.2) is 12.1 Å². The number of hydrogen-bond acceptors (Lipinski definition) is 1. The van der Waals surface area contributed by atoms with Crippen LogP contribution in [0, 0.1) is 5.92 Å². The molecule has 2 atom stereocenters. The highest BCUT2D eigenvalue weighted by Gasteiger charge is 2.37. The summed E-state index contributed by atoms with van der Waals surface area (Å²) in [6, 6.07) is 1.80. The van der Waals surface area contributed by atoms with Crippen molar-refractivity contribution in [2.75, 3.05) is 0 Å². The monoisotopic (exact) mass is 203 g/mol. The molecule has 0 amide bonds. The van der Waals surface area contributed by atoms with Gasteiger partial charge in [-0.15, -0.1) is 12.4 Å². The number of nitrogens with one attached hydrogen (secondary N) is 1. The highest BCUT2D eigenvalue weighted by molar-refractivity contribution is 5.85. The molecule has 0 aromatic carbocycles. The molecule has 2 saturated carbocycles. The van der Waals surface area contributed by atoms with E-state index in [1.54, 1.807) is 0 Å². The first-order chi connectivity index (χ1) is 5.90. The molecule has 2 aliphatic rings. The second-order valence-electron chi connectivity index (χ2n) is 4.54. The van der Waals surface area contributed by atoms with Crippen LogP contribution in [0.4, 0.5) is 0 Å². The van der Waals surface area contributed by atoms with Crippen LogP contribution >= 0.6 is 12.4 Å². The molecule has 0 heterocycles. The van der Waals surface area contributed by atoms with Crippen molar-refractivity contribution in [3.63, 3.8) is 0 Å². The Hall–Kier alpha value is 0.250. The first-order valence-electron chi connectivity index (χ1n) is 5.66. The third-order valence-electron chi connectivity index (χ3n) is 3.39. The van der Waals surface area contributed by atoms with Crippen molar-refractivity contribution < 1.29 is 0 Å². The van der Waals surface area contributed by atoms with Gasteiger partial charge in [-0.3, -0.25) is 0 Å². The van der Waals surface area contributed by atoms with Gasteiger partial charge >= 0.3 is 0 Å². The Bertz CT molecular complexity index is 143. The van der Waals surface area contributed by atoms with Crippen LogP contribution in [0.15, 0.2) is 0 Å². The molecule has 0 spiro atoms. The zero-order chi connectivity index (χ0) is 8.39. The van der Waals surface area contributed by atoms with Crippen molar-refractivity contribution in [2.45, 2.75) is 64.0 Å². The maximum absolute atomic E-state index is 3.79. The van der Waals surface area contributed by atoms with Crippen molar-refractivity contribution in [2.24, 2.45) is 5.92 Å². The largest absolute Gasteiger partial charge is 0.311 e. The Morgan fingerprint density at radius 3 is 2.54 bits per heavy atom. The van der Waals surface area contributed by atoms with E-state index in [-0.39, 0.29) is 12.4 Å². The zero-order valence-corrected chi connectivity index (χ0v) is 9.41. The van der Waals surface area contributed by atoms with Gasteiger partial charge in [-0.2, -0.15) is 0 Å². The number of hydrogen-bond donors (Lipinski definition) is 1. The SMILES string of the molecule is CCCC1CC1NC1CCCC1.Cl. The lowest BCUT2D eigenvalue weighted by atomic mass is 10.2. The Labute approximate surface area is 88.1 Å². The van der Waals surface area contributed by atoms with E-state index in [1.807, 2.05) is 0 Å². The minimum absolute atomic E-state index is 0. The Balaban J connectivity index is 0.000000845. The van der Waals surface area contributed by atoms with Crippen LogP contribution < -0.4 is 5.32 Å². The molecule has 78 valence electrons. The van der Waals surface area contributed by atoms with Gasteiger partial charge < -0.3 is 5.32 Å². The molecule has 0 aromatic rings. The standard InChI is InChI=1S/C11H21N.ClH/c1-2-5-9-8-11(9)12-10-6-3-4-7-10;/h9-12H,2-8H2,1H3;1H. The fourth-order valence-corrected chi connectivity index (χ4v) is 2.54. The molecule has 2 heteroatoms. The summed E-state index contributed by atoms with van der Waals surface area (Å²) in [4.78, 5) is 0. The molecule has 2 aliphatic carbocycles. The van der Waals surface area contributed by atoms with Crippen molar-refractivity contribution >= 4 is 12.4 Å². The van der Waals surface area contributed by atoms with Crippen LogP contribution in [0.25, 0.3) is 0 Å². The van der Waals surface area contributed by atoms with Gasteiger partial charge in [0.2, 0.25) is 0 Å². The number of halogens is 1. The van der Waals surface area contributed by atoms with E-state index in [1.165, 1.54) is 44.9 Å². The third kappa shape index (κ3) is 3.14. The summed E-state index contributed by atoms with van der Waals surface area (Å²) < 4.78 is 0. The average Bonchev–Trinajstić information content (AvgIpc) is 2.62. The maximum atomic E-state index is 3.79. The second-order valence-corrected chi connectivity index (χ2v) is 4.54. The molecule has 2 unspecified atom stereocenters. The highest BCUT2D eigenvalue weighted by Crippen LogP contribution is 2.36. The third-order valence-corrected chi connectivity index (χ3v) is 3.39. The van der Waals surface area contributed by atoms with Crippen LogP contribution in [0.3, 0.4) is 0 Å². The fraction of sp³-hybridized carbons (Fsp3) is 1.00. The van der Waals surface area contributed by atoms with E-state index in [2.05, 4.69) is 12.2 Å². The van der Waals surface area contributed by atoms with Gasteiger partial charge in [0.1, 0.15) is 0 Å². The normalized spacial score (nSPS) is 33.0. The summed E-state index contributed by atoms with van der Waals surface area (Å²) in [5, 5.41) is 3.79. The molecule has 0 aliphatic heterocycles. The average molecular weight is 204 g/mol. The highest BCUT2D eigenvalue weighted by atomic mass is 35.5. The minimum Gasteiger partial charge on any atom is -0.311 e. The summed E-state index contributed by atoms with van der Waals surface area (Å²) in [6.45, 7) is 2.30. The predicted octanol–water partition coefficient (Wildman–Crippen LogP) is 3.13. The van der Waals surface area contributed by atoms with Gasteiger partial charge in [0.25, 0.3) is 0 Å². The molecule has 1 N–H and O–H groups in total. The van der Waals surface area contributed by atoms with Crippen molar-refractivity contribution in [3.05, 3.63) is 0 Å². The molecular formula is C11H22ClN. The first kappa shape index (κ1) is 11.3. The molecule has 2 rings (SSSR count). The predicted molar refractivity (Wildman–Crippen MR) is 59.4 cm³/mol. The molecule has 0 saturated heterocycles. The zero-order valence-electron chi connectivity index (χ0n) is 8.59. The van der Waals surface area contributed by atoms with Crippen molar-refractivity contribution in [3.8, 4) is 0 Å². The van der Waals surface area contributed by atoms with E-state index in [9.17, 15) is 0 Å². The van der Waals surface area contributed by atoms with Crippen molar-refractivity contribution in [1.82, 2.24) is 5.32 Å². The molecule has 0 aromatic heterocycles. The molecule has 0 radical (unpaired) electrons. The maximum Gasteiger partial charge on any atom is 0.0102 e. The van der Waals surface area contributed by atoms with Gasteiger partial charge in [-0.25, -0.2) is 0 Å². The van der Waals surface area contributed by atoms with Gasteiger partial charge in [-0.05, 0) is 31.6 Å². The number of rotatable bonds is 4. The van der Waals surface area contributed by atoms with Crippen LogP contribution in [-0.2, 0) is 0 Å². The Morgan fingerprint density at radius 2 is 1.92 bits per heavy atom. The molecule has 1 nitrogen and oxygen atoms in total. The summed E-state index contributed by atoms with van der Waals surface area (Å²) in [5.74, 6) is 1.04. The Morgan fingerprint density at radius 1 is 1.23 bits per heavy atom. The smallest absolute Gasteiger partial charge is 0.0102 e. The van der Waals surface area contributed by atoms with E-state index in [0.717, 1.165) is 18.0 Å². The van der Waals surface area contributed by atoms with Crippen LogP contribution in [0.1, 0.15) is 51.9 Å². The summed E-state index contributed by atoms with van der Waals surface area (Å²) in [7, 11) is 0. The van der Waals surface area contributed by atoms with E-state index < -0.39 is 0 Å². The first-order valence-corrected chi connectivity index (χ1v) is 5.66. The second kappa shape index (κ2) is 5.21. The van der Waals surface area contributed by atoms with Crippen LogP contribution in [0.2, 0.25) is 0 Å². The summed E-state index contributed by atoms with van der Waals surface area (Å²) in [6.07, 6.45) is 10.1. The van der Waals surface area contributed by atoms with Gasteiger partial charge in [0, 0.05) is 12.1 Å². The van der Waals surface area contributed by atoms with E-state index in [4.69, 9.17) is 0 Å². The molecule has 2 fully saturated rings. The summed E-state index contributed by atoms with van der Waals surface area (Å²) >= 11 is 0. The van der Waals surface area contributed by atoms with Crippen molar-refractivity contribution in [1.29, 1.82) is 0 Å². The van der Waals surface area contributed by atoms with Crippen LogP contribution in [0.5, 0.6) is 0 Å². The summed E-state index contributed by atoms with van der Waals surface area (Å²) in [5.41, 5.74) is 0. The lowest BCUT2D eigenvalue weighted by molar-refractivity contribution is 0.494. The van der Waals surface area contributed by atoms with Gasteiger partial charge in [0.05, 0.1) is 0 Å². The fourth-order valence-electron chi connectivity index (χ4n) is 2.54. The van der Waals surface area contributed by atoms with Gasteiger partial charge in [-0.1, -0.05) is 26.2 Å². The lowest BCUT2D eigenvalue weighted by Crippen LogP contribution is -2.29. The lowest BCUT2D eigenvalue weighted by Gasteiger charge is -2.10. The topological polar surface area (TPSA) is 12.0 Å². The van der Waals surface area contributed by atoms with E-state index in [0.29, 0.717) is 0 Å².